The Kier molecular flexibility index (Phi) is 5.41. The number of hydrogen-bond donors (Lipinski definition) is 0. The van der Waals surface area contributed by atoms with Crippen molar-refractivity contribution >= 4 is 0 Å². The van der Waals surface area contributed by atoms with E-state index in [1.165, 1.54) is 5.56 Å². The molecule has 140 valence electrons. The number of nitrogens with zero attached hydrogens (tertiary/aromatic N) is 6. The summed E-state index contributed by atoms with van der Waals surface area (Å²) in [4.78, 5) is 4.87. The molecule has 1 aliphatic heterocycles. The number of rotatable bonds is 7. The molecule has 0 saturated carbocycles. The number of tetrazole rings is 1. The summed E-state index contributed by atoms with van der Waals surface area (Å²) in [6, 6.07) is 14.3. The summed E-state index contributed by atoms with van der Waals surface area (Å²) in [5, 5.41) is 12.6. The van der Waals surface area contributed by atoms with Gasteiger partial charge in [0.2, 0.25) is 0 Å². The summed E-state index contributed by atoms with van der Waals surface area (Å²) < 4.78 is 7.33. The van der Waals surface area contributed by atoms with E-state index in [0.717, 1.165) is 44.3 Å². The van der Waals surface area contributed by atoms with Crippen LogP contribution in [0.2, 0.25) is 0 Å². The molecular formula is C20H24N6O. The summed E-state index contributed by atoms with van der Waals surface area (Å²) in [5.74, 6) is 1.68. The molecule has 4 rings (SSSR count). The van der Waals surface area contributed by atoms with Crippen LogP contribution in [0.25, 0.3) is 0 Å². The molecule has 1 aliphatic rings. The highest BCUT2D eigenvalue weighted by molar-refractivity contribution is 5.25. The number of benzene rings is 1. The number of piperazine rings is 1. The van der Waals surface area contributed by atoms with Gasteiger partial charge in [0.15, 0.2) is 5.82 Å². The van der Waals surface area contributed by atoms with E-state index in [2.05, 4.69) is 56.2 Å². The van der Waals surface area contributed by atoms with E-state index >= 15 is 0 Å². The maximum atomic E-state index is 5.49. The Balaban J connectivity index is 1.62. The fourth-order valence-corrected chi connectivity index (χ4v) is 3.62. The molecule has 7 heteroatoms. The summed E-state index contributed by atoms with van der Waals surface area (Å²) in [6.45, 7) is 9.24. The van der Waals surface area contributed by atoms with Crippen LogP contribution in [-0.4, -0.2) is 62.7 Å². The van der Waals surface area contributed by atoms with Crippen LogP contribution in [0.5, 0.6) is 0 Å². The third kappa shape index (κ3) is 3.99. The highest BCUT2D eigenvalue weighted by Crippen LogP contribution is 2.28. The van der Waals surface area contributed by atoms with E-state index < -0.39 is 0 Å². The van der Waals surface area contributed by atoms with Crippen LogP contribution in [0.4, 0.5) is 0 Å². The van der Waals surface area contributed by atoms with E-state index in [4.69, 9.17) is 4.42 Å². The predicted octanol–water partition coefficient (Wildman–Crippen LogP) is 2.21. The van der Waals surface area contributed by atoms with Crippen LogP contribution in [0.1, 0.15) is 23.2 Å². The zero-order valence-corrected chi connectivity index (χ0v) is 15.3. The van der Waals surface area contributed by atoms with E-state index in [-0.39, 0.29) is 6.04 Å². The van der Waals surface area contributed by atoms with Gasteiger partial charge >= 0.3 is 0 Å². The van der Waals surface area contributed by atoms with Crippen molar-refractivity contribution in [1.82, 2.24) is 30.0 Å². The Labute approximate surface area is 158 Å². The Hall–Kier alpha value is -2.77. The van der Waals surface area contributed by atoms with Crippen molar-refractivity contribution in [1.29, 1.82) is 0 Å². The van der Waals surface area contributed by atoms with Crippen LogP contribution in [-0.2, 0) is 6.54 Å². The maximum Gasteiger partial charge on any atom is 0.173 e. The molecular weight excluding hydrogens is 340 g/mol. The lowest BCUT2D eigenvalue weighted by atomic mass is 10.0. The van der Waals surface area contributed by atoms with Gasteiger partial charge in [-0.05, 0) is 28.1 Å². The van der Waals surface area contributed by atoms with Gasteiger partial charge in [0.25, 0.3) is 0 Å². The first kappa shape index (κ1) is 17.6. The van der Waals surface area contributed by atoms with Gasteiger partial charge in [0.05, 0.1) is 12.3 Å². The second-order valence-corrected chi connectivity index (χ2v) is 6.71. The average molecular weight is 364 g/mol. The smallest absolute Gasteiger partial charge is 0.173 e. The minimum atomic E-state index is 0.0158. The molecule has 1 atom stereocenters. The van der Waals surface area contributed by atoms with Crippen molar-refractivity contribution < 1.29 is 4.42 Å². The first-order valence-corrected chi connectivity index (χ1v) is 9.26. The third-order valence-corrected chi connectivity index (χ3v) is 4.96. The number of hydrogen-bond acceptors (Lipinski definition) is 6. The largest absolute Gasteiger partial charge is 0.467 e. The van der Waals surface area contributed by atoms with E-state index in [1.807, 2.05) is 29.0 Å². The second-order valence-electron chi connectivity index (χ2n) is 6.71. The minimum Gasteiger partial charge on any atom is -0.467 e. The summed E-state index contributed by atoms with van der Waals surface area (Å²) in [5.41, 5.74) is 1.20. The average Bonchev–Trinajstić information content (AvgIpc) is 3.38. The van der Waals surface area contributed by atoms with Crippen molar-refractivity contribution in [2.75, 3.05) is 32.7 Å². The lowest BCUT2D eigenvalue weighted by Crippen LogP contribution is -2.48. The lowest BCUT2D eigenvalue weighted by molar-refractivity contribution is 0.112. The zero-order chi connectivity index (χ0) is 18.5. The fraction of sp³-hybridized carbons (Fsp3) is 0.350. The van der Waals surface area contributed by atoms with Gasteiger partial charge in [-0.25, -0.2) is 4.68 Å². The molecule has 0 amide bonds. The standard InChI is InChI=1S/C20H24N6O/c1-2-10-24-11-13-25(14-12-24)19(17-7-4-3-5-8-17)20-21-22-23-26(20)16-18-9-6-15-27-18/h2-9,15,19H,1,10-14,16H2/t19-/m1/s1. The molecule has 3 aromatic rings. The van der Waals surface area contributed by atoms with Crippen LogP contribution in [0, 0.1) is 0 Å². The molecule has 0 N–H and O–H groups in total. The molecule has 3 heterocycles. The SMILES string of the molecule is C=CCN1CCN([C@H](c2ccccc2)c2nnnn2Cc2ccco2)CC1. The second kappa shape index (κ2) is 8.28. The van der Waals surface area contributed by atoms with Crippen molar-refractivity contribution in [2.24, 2.45) is 0 Å². The number of aromatic nitrogens is 4. The molecule has 0 aliphatic carbocycles. The molecule has 1 aromatic carbocycles. The molecule has 2 aromatic heterocycles. The molecule has 27 heavy (non-hydrogen) atoms. The fourth-order valence-electron chi connectivity index (χ4n) is 3.62. The highest BCUT2D eigenvalue weighted by atomic mass is 16.3. The molecule has 0 bridgehead atoms. The molecule has 0 unspecified atom stereocenters. The zero-order valence-electron chi connectivity index (χ0n) is 15.3. The molecule has 1 fully saturated rings. The first-order valence-electron chi connectivity index (χ1n) is 9.26. The van der Waals surface area contributed by atoms with Gasteiger partial charge in [0.1, 0.15) is 12.3 Å². The van der Waals surface area contributed by atoms with Gasteiger partial charge in [-0.1, -0.05) is 36.4 Å². The van der Waals surface area contributed by atoms with Crippen molar-refractivity contribution in [3.63, 3.8) is 0 Å². The molecule has 7 nitrogen and oxygen atoms in total. The van der Waals surface area contributed by atoms with Crippen LogP contribution in [0.15, 0.2) is 65.8 Å². The molecule has 0 spiro atoms. The van der Waals surface area contributed by atoms with Crippen molar-refractivity contribution in [2.45, 2.75) is 12.6 Å². The minimum absolute atomic E-state index is 0.0158. The van der Waals surface area contributed by atoms with E-state index in [1.54, 1.807) is 6.26 Å². The first-order chi connectivity index (χ1) is 13.3. The maximum absolute atomic E-state index is 5.49. The van der Waals surface area contributed by atoms with Crippen LogP contribution >= 0.6 is 0 Å². The van der Waals surface area contributed by atoms with Gasteiger partial charge in [-0.2, -0.15) is 0 Å². The normalized spacial score (nSPS) is 17.0. The van der Waals surface area contributed by atoms with E-state index in [0.29, 0.717) is 6.54 Å². The quantitative estimate of drug-likeness (QED) is 0.599. The monoisotopic (exact) mass is 364 g/mol. The van der Waals surface area contributed by atoms with Crippen LogP contribution in [0.3, 0.4) is 0 Å². The van der Waals surface area contributed by atoms with Crippen molar-refractivity contribution in [3.8, 4) is 0 Å². The summed E-state index contributed by atoms with van der Waals surface area (Å²) >= 11 is 0. The summed E-state index contributed by atoms with van der Waals surface area (Å²) in [7, 11) is 0. The lowest BCUT2D eigenvalue weighted by Gasteiger charge is -2.38. The highest BCUT2D eigenvalue weighted by Gasteiger charge is 2.30. The molecule has 1 saturated heterocycles. The van der Waals surface area contributed by atoms with Gasteiger partial charge in [0, 0.05) is 32.7 Å². The Bertz CT molecular complexity index is 837. The van der Waals surface area contributed by atoms with Crippen molar-refractivity contribution in [3.05, 3.63) is 78.5 Å². The Morgan fingerprint density at radius 1 is 1.07 bits per heavy atom. The Morgan fingerprint density at radius 2 is 1.89 bits per heavy atom. The summed E-state index contributed by atoms with van der Waals surface area (Å²) in [6.07, 6.45) is 3.64. The van der Waals surface area contributed by atoms with E-state index in [9.17, 15) is 0 Å². The van der Waals surface area contributed by atoms with Crippen LogP contribution < -0.4 is 0 Å². The third-order valence-electron chi connectivity index (χ3n) is 4.96. The Morgan fingerprint density at radius 3 is 2.59 bits per heavy atom. The molecule has 0 radical (unpaired) electrons. The number of furan rings is 1. The topological polar surface area (TPSA) is 63.2 Å². The predicted molar refractivity (Wildman–Crippen MR) is 102 cm³/mol. The van der Waals surface area contributed by atoms with Gasteiger partial charge in [-0.15, -0.1) is 11.7 Å². The van der Waals surface area contributed by atoms with Gasteiger partial charge < -0.3 is 4.42 Å². The van der Waals surface area contributed by atoms with Gasteiger partial charge in [-0.3, -0.25) is 9.80 Å².